The number of rotatable bonds is 2. The standard InChI is InChI=1S/C22H25ClN6O2/c1-13-24-18(10-19(25-13)29-17-8-6-5-7-16(17)20(23)26-29)27-11-15-9-14(27)12-28(15)21(30)31-22(2,3)4/h5-8,10,14-15H,9,11-12H2,1-4H3/t14-,15-/m0/s1. The second-order valence-corrected chi connectivity index (χ2v) is 9.54. The summed E-state index contributed by atoms with van der Waals surface area (Å²) in [5.74, 6) is 2.18. The number of benzene rings is 1. The molecule has 2 aliphatic heterocycles. The summed E-state index contributed by atoms with van der Waals surface area (Å²) in [6.07, 6.45) is 0.672. The number of para-hydroxylation sites is 1. The van der Waals surface area contributed by atoms with Gasteiger partial charge in [-0.15, -0.1) is 0 Å². The topological polar surface area (TPSA) is 76.4 Å². The van der Waals surface area contributed by atoms with Crippen LogP contribution in [-0.4, -0.2) is 61.5 Å². The fourth-order valence-electron chi connectivity index (χ4n) is 4.49. The van der Waals surface area contributed by atoms with Gasteiger partial charge < -0.3 is 14.5 Å². The fraction of sp³-hybridized carbons (Fsp3) is 0.455. The van der Waals surface area contributed by atoms with E-state index in [9.17, 15) is 4.79 Å². The number of carbonyl (C=O) groups excluding carboxylic acids is 1. The summed E-state index contributed by atoms with van der Waals surface area (Å²) in [6, 6.07) is 10.1. The molecule has 2 saturated heterocycles. The van der Waals surface area contributed by atoms with Gasteiger partial charge in [0.1, 0.15) is 17.2 Å². The zero-order chi connectivity index (χ0) is 21.9. The van der Waals surface area contributed by atoms with Crippen LogP contribution in [-0.2, 0) is 4.74 Å². The molecule has 0 spiro atoms. The van der Waals surface area contributed by atoms with Gasteiger partial charge in [0.15, 0.2) is 11.0 Å². The van der Waals surface area contributed by atoms with Gasteiger partial charge in [0.2, 0.25) is 0 Å². The molecule has 0 radical (unpaired) electrons. The van der Waals surface area contributed by atoms with Crippen LogP contribution in [0, 0.1) is 6.92 Å². The number of amides is 1. The average molecular weight is 441 g/mol. The minimum absolute atomic E-state index is 0.124. The molecule has 0 aliphatic carbocycles. The number of nitrogens with zero attached hydrogens (tertiary/aromatic N) is 6. The third-order valence-electron chi connectivity index (χ3n) is 5.73. The van der Waals surface area contributed by atoms with Crippen molar-refractivity contribution in [3.05, 3.63) is 41.3 Å². The molecule has 1 aromatic carbocycles. The molecule has 0 unspecified atom stereocenters. The van der Waals surface area contributed by atoms with Gasteiger partial charge in [-0.2, -0.15) is 5.10 Å². The highest BCUT2D eigenvalue weighted by Crippen LogP contribution is 2.35. The Morgan fingerprint density at radius 2 is 1.87 bits per heavy atom. The van der Waals surface area contributed by atoms with Crippen LogP contribution in [0.15, 0.2) is 30.3 Å². The third kappa shape index (κ3) is 3.59. The van der Waals surface area contributed by atoms with E-state index in [0.717, 1.165) is 29.7 Å². The first kappa shape index (κ1) is 20.1. The van der Waals surface area contributed by atoms with Crippen molar-refractivity contribution in [2.75, 3.05) is 18.0 Å². The second kappa shape index (κ2) is 7.09. The Hall–Kier alpha value is -2.87. The zero-order valence-electron chi connectivity index (χ0n) is 18.0. The maximum Gasteiger partial charge on any atom is 0.410 e. The predicted octanol–water partition coefficient (Wildman–Crippen LogP) is 3.98. The lowest BCUT2D eigenvalue weighted by Gasteiger charge is -2.35. The summed E-state index contributed by atoms with van der Waals surface area (Å²) >= 11 is 6.34. The summed E-state index contributed by atoms with van der Waals surface area (Å²) in [4.78, 5) is 25.9. The number of likely N-dealkylation sites (tertiary alicyclic amines) is 1. The van der Waals surface area contributed by atoms with E-state index in [1.54, 1.807) is 4.68 Å². The summed E-state index contributed by atoms with van der Waals surface area (Å²) in [6.45, 7) is 8.91. The van der Waals surface area contributed by atoms with Crippen molar-refractivity contribution in [3.8, 4) is 5.82 Å². The van der Waals surface area contributed by atoms with Gasteiger partial charge >= 0.3 is 6.09 Å². The van der Waals surface area contributed by atoms with Crippen molar-refractivity contribution >= 4 is 34.4 Å². The van der Waals surface area contributed by atoms with Crippen molar-refractivity contribution in [1.82, 2.24) is 24.6 Å². The molecule has 4 heterocycles. The minimum Gasteiger partial charge on any atom is -0.444 e. The molecule has 31 heavy (non-hydrogen) atoms. The highest BCUT2D eigenvalue weighted by atomic mass is 35.5. The van der Waals surface area contributed by atoms with Crippen molar-refractivity contribution in [2.45, 2.75) is 51.8 Å². The molecule has 1 amide bonds. The highest BCUT2D eigenvalue weighted by molar-refractivity contribution is 6.34. The Bertz CT molecular complexity index is 1170. The number of ether oxygens (including phenoxy) is 1. The molecule has 2 aliphatic rings. The van der Waals surface area contributed by atoms with E-state index >= 15 is 0 Å². The van der Waals surface area contributed by atoms with E-state index in [-0.39, 0.29) is 18.2 Å². The molecule has 3 aromatic rings. The summed E-state index contributed by atoms with van der Waals surface area (Å²) in [7, 11) is 0. The van der Waals surface area contributed by atoms with Crippen LogP contribution in [0.4, 0.5) is 10.6 Å². The normalized spacial score (nSPS) is 20.7. The predicted molar refractivity (Wildman–Crippen MR) is 119 cm³/mol. The molecular weight excluding hydrogens is 416 g/mol. The third-order valence-corrected chi connectivity index (χ3v) is 6.01. The SMILES string of the molecule is Cc1nc(N2C[C@@H]3C[C@H]2CN3C(=O)OC(C)(C)C)cc(-n2nc(Cl)c3ccccc32)n1. The Balaban J connectivity index is 1.42. The maximum atomic E-state index is 12.5. The second-order valence-electron chi connectivity index (χ2n) is 9.18. The number of carbonyl (C=O) groups is 1. The number of aromatic nitrogens is 4. The summed E-state index contributed by atoms with van der Waals surface area (Å²) in [5, 5.41) is 5.82. The molecule has 2 atom stereocenters. The van der Waals surface area contributed by atoms with E-state index in [1.807, 2.05) is 62.9 Å². The molecular formula is C22H25ClN6O2. The van der Waals surface area contributed by atoms with E-state index < -0.39 is 5.60 Å². The van der Waals surface area contributed by atoms with Crippen molar-refractivity contribution in [1.29, 1.82) is 0 Å². The van der Waals surface area contributed by atoms with Gasteiger partial charge in [-0.25, -0.2) is 19.4 Å². The van der Waals surface area contributed by atoms with Crippen LogP contribution in [0.1, 0.15) is 33.0 Å². The van der Waals surface area contributed by atoms with Crippen LogP contribution < -0.4 is 4.90 Å². The van der Waals surface area contributed by atoms with Crippen LogP contribution in [0.2, 0.25) is 5.15 Å². The van der Waals surface area contributed by atoms with Gasteiger partial charge in [0.05, 0.1) is 17.6 Å². The lowest BCUT2D eigenvalue weighted by molar-refractivity contribution is 0.0214. The van der Waals surface area contributed by atoms with Gasteiger partial charge in [-0.3, -0.25) is 0 Å². The van der Waals surface area contributed by atoms with Crippen LogP contribution in [0.25, 0.3) is 16.7 Å². The quantitative estimate of drug-likeness (QED) is 0.600. The Labute approximate surface area is 185 Å². The van der Waals surface area contributed by atoms with Crippen molar-refractivity contribution in [3.63, 3.8) is 0 Å². The number of halogens is 1. The molecule has 2 aromatic heterocycles. The lowest BCUT2D eigenvalue weighted by Crippen LogP contribution is -2.50. The van der Waals surface area contributed by atoms with Crippen LogP contribution in [0.5, 0.6) is 0 Å². The van der Waals surface area contributed by atoms with Gasteiger partial charge in [-0.1, -0.05) is 23.7 Å². The number of piperazine rings is 1. The smallest absolute Gasteiger partial charge is 0.410 e. The van der Waals surface area contributed by atoms with Crippen molar-refractivity contribution in [2.24, 2.45) is 0 Å². The lowest BCUT2D eigenvalue weighted by atomic mass is 10.2. The molecule has 8 nitrogen and oxygen atoms in total. The molecule has 0 N–H and O–H groups in total. The number of aryl methyl sites for hydroxylation is 1. The number of anilines is 1. The number of hydrogen-bond donors (Lipinski definition) is 0. The monoisotopic (exact) mass is 440 g/mol. The first-order valence-corrected chi connectivity index (χ1v) is 10.8. The molecule has 2 bridgehead atoms. The Morgan fingerprint density at radius 1 is 1.13 bits per heavy atom. The Kier molecular flexibility index (Phi) is 4.58. The first-order valence-electron chi connectivity index (χ1n) is 10.5. The molecule has 0 saturated carbocycles. The Morgan fingerprint density at radius 3 is 2.58 bits per heavy atom. The first-order chi connectivity index (χ1) is 14.7. The van der Waals surface area contributed by atoms with E-state index in [1.165, 1.54) is 0 Å². The van der Waals surface area contributed by atoms with Crippen LogP contribution >= 0.6 is 11.6 Å². The molecule has 9 heteroatoms. The highest BCUT2D eigenvalue weighted by Gasteiger charge is 2.47. The molecule has 162 valence electrons. The van der Waals surface area contributed by atoms with Gasteiger partial charge in [0, 0.05) is 24.5 Å². The van der Waals surface area contributed by atoms with E-state index in [2.05, 4.69) is 20.0 Å². The number of hydrogen-bond acceptors (Lipinski definition) is 6. The van der Waals surface area contributed by atoms with Crippen molar-refractivity contribution < 1.29 is 9.53 Å². The zero-order valence-corrected chi connectivity index (χ0v) is 18.8. The minimum atomic E-state index is -0.495. The largest absolute Gasteiger partial charge is 0.444 e. The van der Waals surface area contributed by atoms with Gasteiger partial charge in [0.25, 0.3) is 0 Å². The van der Waals surface area contributed by atoms with Gasteiger partial charge in [-0.05, 0) is 46.2 Å². The number of fused-ring (bicyclic) bond motifs is 3. The average Bonchev–Trinajstić information content (AvgIpc) is 3.39. The summed E-state index contributed by atoms with van der Waals surface area (Å²) in [5.41, 5.74) is 0.404. The maximum absolute atomic E-state index is 12.5. The van der Waals surface area contributed by atoms with E-state index in [4.69, 9.17) is 16.3 Å². The van der Waals surface area contributed by atoms with Crippen LogP contribution in [0.3, 0.4) is 0 Å². The molecule has 2 fully saturated rings. The fourth-order valence-corrected chi connectivity index (χ4v) is 4.72. The summed E-state index contributed by atoms with van der Waals surface area (Å²) < 4.78 is 7.33. The molecule has 5 rings (SSSR count). The van der Waals surface area contributed by atoms with E-state index in [0.29, 0.717) is 23.3 Å².